The molecule has 0 bridgehead atoms. The van der Waals surface area contributed by atoms with Crippen LogP contribution in [0.4, 0.5) is 0 Å². The number of thiophene rings is 1. The monoisotopic (exact) mass is 396 g/mol. The Morgan fingerprint density at radius 3 is 2.46 bits per heavy atom. The highest BCUT2D eigenvalue weighted by Crippen LogP contribution is 2.23. The van der Waals surface area contributed by atoms with Crippen molar-refractivity contribution in [2.75, 3.05) is 13.2 Å². The van der Waals surface area contributed by atoms with Gasteiger partial charge >= 0.3 is 5.97 Å². The number of halogens is 1. The molecule has 0 spiro atoms. The molecule has 6 nitrogen and oxygen atoms in total. The zero-order chi connectivity index (χ0) is 19.4. The molecule has 0 radical (unpaired) electrons. The van der Waals surface area contributed by atoms with Crippen LogP contribution in [0.3, 0.4) is 0 Å². The standard InChI is InChI=1S/C18H21ClN2O4S/c1-5-21(8-13-6-7-14(19)26-13)15(23)9-25-18(24)17-10(2)16(12(4)22)11(3)20-17/h6-7,20H,5,8-9H2,1-4H3. The minimum Gasteiger partial charge on any atom is -0.451 e. The largest absolute Gasteiger partial charge is 0.451 e. The first-order valence-corrected chi connectivity index (χ1v) is 9.33. The van der Waals surface area contributed by atoms with E-state index in [9.17, 15) is 14.4 Å². The summed E-state index contributed by atoms with van der Waals surface area (Å²) in [6, 6.07) is 3.64. The topological polar surface area (TPSA) is 79.5 Å². The quantitative estimate of drug-likeness (QED) is 0.571. The summed E-state index contributed by atoms with van der Waals surface area (Å²) in [6.45, 7) is 7.23. The predicted octanol–water partition coefficient (Wildman–Crippen LogP) is 3.75. The molecule has 0 aromatic carbocycles. The van der Waals surface area contributed by atoms with Crippen molar-refractivity contribution < 1.29 is 19.1 Å². The summed E-state index contributed by atoms with van der Waals surface area (Å²) < 4.78 is 5.81. The van der Waals surface area contributed by atoms with Gasteiger partial charge in [0.1, 0.15) is 5.69 Å². The molecule has 2 heterocycles. The van der Waals surface area contributed by atoms with E-state index in [1.54, 1.807) is 24.8 Å². The summed E-state index contributed by atoms with van der Waals surface area (Å²) >= 11 is 7.31. The minimum atomic E-state index is -0.651. The van der Waals surface area contributed by atoms with E-state index in [-0.39, 0.29) is 24.0 Å². The first-order chi connectivity index (χ1) is 12.2. The third-order valence-electron chi connectivity index (χ3n) is 4.03. The van der Waals surface area contributed by atoms with E-state index in [0.717, 1.165) is 4.88 Å². The number of hydrogen-bond acceptors (Lipinski definition) is 5. The van der Waals surface area contributed by atoms with Gasteiger partial charge in [-0.05, 0) is 45.4 Å². The van der Waals surface area contributed by atoms with Crippen LogP contribution in [-0.4, -0.2) is 40.7 Å². The van der Waals surface area contributed by atoms with Gasteiger partial charge in [-0.3, -0.25) is 9.59 Å². The Bertz CT molecular complexity index is 840. The van der Waals surface area contributed by atoms with Crippen LogP contribution in [0, 0.1) is 13.8 Å². The average molecular weight is 397 g/mol. The number of ether oxygens (including phenoxy) is 1. The number of H-pyrrole nitrogens is 1. The van der Waals surface area contributed by atoms with Crippen molar-refractivity contribution in [3.63, 3.8) is 0 Å². The number of esters is 1. The van der Waals surface area contributed by atoms with E-state index in [0.29, 0.717) is 34.2 Å². The number of rotatable bonds is 7. The molecule has 0 fully saturated rings. The number of hydrogen-bond donors (Lipinski definition) is 1. The number of aryl methyl sites for hydroxylation is 1. The molecule has 140 valence electrons. The molecular formula is C18H21ClN2O4S. The maximum Gasteiger partial charge on any atom is 0.355 e. The number of carbonyl (C=O) groups excluding carboxylic acids is 3. The van der Waals surface area contributed by atoms with Crippen molar-refractivity contribution >= 4 is 40.6 Å². The Kier molecular flexibility index (Phi) is 6.61. The maximum atomic E-state index is 12.3. The van der Waals surface area contributed by atoms with Crippen molar-refractivity contribution in [3.8, 4) is 0 Å². The fourth-order valence-electron chi connectivity index (χ4n) is 2.77. The molecule has 1 amide bonds. The lowest BCUT2D eigenvalue weighted by Gasteiger charge is -2.19. The zero-order valence-corrected chi connectivity index (χ0v) is 16.7. The third-order valence-corrected chi connectivity index (χ3v) is 5.25. The number of aromatic amines is 1. The van der Waals surface area contributed by atoms with Crippen LogP contribution >= 0.6 is 22.9 Å². The lowest BCUT2D eigenvalue weighted by molar-refractivity contribution is -0.134. The van der Waals surface area contributed by atoms with E-state index >= 15 is 0 Å². The smallest absolute Gasteiger partial charge is 0.355 e. The highest BCUT2D eigenvalue weighted by molar-refractivity contribution is 7.16. The molecule has 0 saturated heterocycles. The van der Waals surface area contributed by atoms with Crippen LogP contribution in [0.2, 0.25) is 4.34 Å². The minimum absolute atomic E-state index is 0.127. The maximum absolute atomic E-state index is 12.3. The van der Waals surface area contributed by atoms with Crippen LogP contribution in [-0.2, 0) is 16.1 Å². The lowest BCUT2D eigenvalue weighted by atomic mass is 10.1. The number of nitrogens with one attached hydrogen (secondary N) is 1. The number of nitrogens with zero attached hydrogens (tertiary/aromatic N) is 1. The summed E-state index contributed by atoms with van der Waals surface area (Å²) in [7, 11) is 0. The fourth-order valence-corrected chi connectivity index (χ4v) is 3.88. The molecule has 2 aromatic heterocycles. The van der Waals surface area contributed by atoms with Crippen LogP contribution in [0.1, 0.15) is 50.8 Å². The first-order valence-electron chi connectivity index (χ1n) is 8.13. The second kappa shape index (κ2) is 8.51. The Morgan fingerprint density at radius 1 is 1.27 bits per heavy atom. The van der Waals surface area contributed by atoms with E-state index < -0.39 is 5.97 Å². The molecule has 0 aliphatic rings. The summed E-state index contributed by atoms with van der Waals surface area (Å²) in [5.41, 5.74) is 1.83. The highest BCUT2D eigenvalue weighted by Gasteiger charge is 2.22. The Labute approximate surface area is 161 Å². The molecule has 0 saturated carbocycles. The molecule has 26 heavy (non-hydrogen) atoms. The van der Waals surface area contributed by atoms with Gasteiger partial charge in [0.15, 0.2) is 12.4 Å². The number of likely N-dealkylation sites (N-methyl/N-ethyl adjacent to an activating group) is 1. The molecule has 0 aliphatic heterocycles. The molecule has 0 unspecified atom stereocenters. The average Bonchev–Trinajstić information content (AvgIpc) is 3.12. The molecular weight excluding hydrogens is 376 g/mol. The highest BCUT2D eigenvalue weighted by atomic mass is 35.5. The van der Waals surface area contributed by atoms with Crippen molar-refractivity contribution in [1.82, 2.24) is 9.88 Å². The normalized spacial score (nSPS) is 10.7. The molecule has 0 atom stereocenters. The summed E-state index contributed by atoms with van der Waals surface area (Å²) in [4.78, 5) is 41.7. The summed E-state index contributed by atoms with van der Waals surface area (Å²) in [6.07, 6.45) is 0. The molecule has 8 heteroatoms. The van der Waals surface area contributed by atoms with Crippen LogP contribution in [0.5, 0.6) is 0 Å². The van der Waals surface area contributed by atoms with Gasteiger partial charge < -0.3 is 14.6 Å². The van der Waals surface area contributed by atoms with E-state index in [1.165, 1.54) is 18.3 Å². The molecule has 2 rings (SSSR count). The fraction of sp³-hybridized carbons (Fsp3) is 0.389. The second-order valence-corrected chi connectivity index (χ2v) is 7.67. The van der Waals surface area contributed by atoms with Gasteiger partial charge in [-0.1, -0.05) is 11.6 Å². The Morgan fingerprint density at radius 2 is 1.96 bits per heavy atom. The van der Waals surface area contributed by atoms with Gasteiger partial charge in [0, 0.05) is 22.7 Å². The molecule has 2 aromatic rings. The van der Waals surface area contributed by atoms with Crippen molar-refractivity contribution in [2.24, 2.45) is 0 Å². The van der Waals surface area contributed by atoms with Crippen LogP contribution < -0.4 is 0 Å². The van der Waals surface area contributed by atoms with Crippen LogP contribution in [0.25, 0.3) is 0 Å². The molecule has 1 N–H and O–H groups in total. The summed E-state index contributed by atoms with van der Waals surface area (Å²) in [5.74, 6) is -1.07. The van der Waals surface area contributed by atoms with Crippen molar-refractivity contribution in [2.45, 2.75) is 34.2 Å². The lowest BCUT2D eigenvalue weighted by Crippen LogP contribution is -2.34. The van der Waals surface area contributed by atoms with E-state index in [4.69, 9.17) is 16.3 Å². The van der Waals surface area contributed by atoms with Gasteiger partial charge in [0.05, 0.1) is 10.9 Å². The van der Waals surface area contributed by atoms with Crippen molar-refractivity contribution in [1.29, 1.82) is 0 Å². The summed E-state index contributed by atoms with van der Waals surface area (Å²) in [5, 5.41) is 0. The first kappa shape index (κ1) is 20.2. The van der Waals surface area contributed by atoms with Gasteiger partial charge in [0.25, 0.3) is 5.91 Å². The Hall–Kier alpha value is -2.12. The SMILES string of the molecule is CCN(Cc1ccc(Cl)s1)C(=O)COC(=O)c1[nH]c(C)c(C(C)=O)c1C. The number of aromatic nitrogens is 1. The number of ketones is 1. The number of Topliss-reactive ketones (excluding diaryl/α,β-unsaturated/α-hetero) is 1. The Balaban J connectivity index is 2.00. The second-order valence-electron chi connectivity index (χ2n) is 5.87. The van der Waals surface area contributed by atoms with Gasteiger partial charge in [-0.25, -0.2) is 4.79 Å². The molecule has 0 aliphatic carbocycles. The number of carbonyl (C=O) groups is 3. The van der Waals surface area contributed by atoms with E-state index in [2.05, 4.69) is 4.98 Å². The van der Waals surface area contributed by atoms with Crippen LogP contribution in [0.15, 0.2) is 12.1 Å². The van der Waals surface area contributed by atoms with Gasteiger partial charge in [-0.2, -0.15) is 0 Å². The van der Waals surface area contributed by atoms with Gasteiger partial charge in [-0.15, -0.1) is 11.3 Å². The van der Waals surface area contributed by atoms with Gasteiger partial charge in [0.2, 0.25) is 0 Å². The zero-order valence-electron chi connectivity index (χ0n) is 15.1. The van der Waals surface area contributed by atoms with E-state index in [1.807, 2.05) is 13.0 Å². The van der Waals surface area contributed by atoms with Crippen molar-refractivity contribution in [3.05, 3.63) is 43.9 Å². The predicted molar refractivity (Wildman–Crippen MR) is 101 cm³/mol. The number of amides is 1. The third kappa shape index (κ3) is 4.53.